The number of aromatic nitrogens is 1. The van der Waals surface area contributed by atoms with Crippen LogP contribution in [-0.4, -0.2) is 73.5 Å². The maximum Gasteiger partial charge on any atom is 0.124 e. The van der Waals surface area contributed by atoms with Crippen LogP contribution in [0, 0.1) is 5.92 Å². The van der Waals surface area contributed by atoms with E-state index in [9.17, 15) is 0 Å². The first-order valence-corrected chi connectivity index (χ1v) is 12.1. The zero-order chi connectivity index (χ0) is 21.8. The summed E-state index contributed by atoms with van der Waals surface area (Å²) in [5.74, 6) is 1.56. The Morgan fingerprint density at radius 3 is 3.00 bits per heavy atom. The second kappa shape index (κ2) is 10.3. The standard InChI is InChI=1S/C25H36N4O3/c1-30-18-21-5-3-11-28(21)15-19-4-2-6-22(14-19)31-17-20-7-8-24-25(23-9-13-32-27-23)26-10-12-29(24)16-20/h2,4,6,9,13-14,20-21,24-26H,3,5,7-8,10-12,15-18H2,1H3. The first-order valence-electron chi connectivity index (χ1n) is 12.1. The van der Waals surface area contributed by atoms with Crippen LogP contribution in [0.2, 0.25) is 0 Å². The van der Waals surface area contributed by atoms with Crippen LogP contribution in [-0.2, 0) is 11.3 Å². The summed E-state index contributed by atoms with van der Waals surface area (Å²) in [7, 11) is 1.80. The van der Waals surface area contributed by atoms with Gasteiger partial charge in [-0.3, -0.25) is 9.80 Å². The number of ether oxygens (including phenoxy) is 2. The lowest BCUT2D eigenvalue weighted by Crippen LogP contribution is -2.57. The molecule has 1 aromatic carbocycles. The van der Waals surface area contributed by atoms with Crippen molar-refractivity contribution in [1.29, 1.82) is 0 Å². The van der Waals surface area contributed by atoms with Crippen molar-refractivity contribution < 1.29 is 14.0 Å². The van der Waals surface area contributed by atoms with Crippen molar-refractivity contribution in [3.05, 3.63) is 47.9 Å². The Morgan fingerprint density at radius 2 is 2.12 bits per heavy atom. The van der Waals surface area contributed by atoms with Crippen LogP contribution >= 0.6 is 0 Å². The largest absolute Gasteiger partial charge is 0.493 e. The third kappa shape index (κ3) is 5.01. The minimum Gasteiger partial charge on any atom is -0.493 e. The molecule has 1 aromatic heterocycles. The van der Waals surface area contributed by atoms with Crippen molar-refractivity contribution in [3.63, 3.8) is 0 Å². The molecule has 7 nitrogen and oxygen atoms in total. The van der Waals surface area contributed by atoms with Gasteiger partial charge >= 0.3 is 0 Å². The second-order valence-corrected chi connectivity index (χ2v) is 9.54. The van der Waals surface area contributed by atoms with Gasteiger partial charge in [-0.15, -0.1) is 0 Å². The summed E-state index contributed by atoms with van der Waals surface area (Å²) in [6.07, 6.45) is 6.51. The smallest absolute Gasteiger partial charge is 0.124 e. The normalized spacial score (nSPS) is 29.2. The summed E-state index contributed by atoms with van der Waals surface area (Å²) in [6.45, 7) is 6.90. The van der Waals surface area contributed by atoms with E-state index in [0.717, 1.165) is 63.8 Å². The van der Waals surface area contributed by atoms with Crippen LogP contribution in [0.3, 0.4) is 0 Å². The Balaban J connectivity index is 1.14. The van der Waals surface area contributed by atoms with Crippen molar-refractivity contribution in [2.45, 2.75) is 50.4 Å². The maximum atomic E-state index is 6.29. The Kier molecular flexibility index (Phi) is 7.07. The van der Waals surface area contributed by atoms with E-state index in [1.54, 1.807) is 13.4 Å². The predicted molar refractivity (Wildman–Crippen MR) is 123 cm³/mol. The molecule has 1 N–H and O–H groups in total. The minimum absolute atomic E-state index is 0.272. The highest BCUT2D eigenvalue weighted by molar-refractivity contribution is 5.28. The van der Waals surface area contributed by atoms with Crippen molar-refractivity contribution >= 4 is 0 Å². The van der Waals surface area contributed by atoms with E-state index < -0.39 is 0 Å². The molecule has 4 atom stereocenters. The molecular weight excluding hydrogens is 404 g/mol. The molecule has 0 spiro atoms. The number of nitrogens with one attached hydrogen (secondary N) is 1. The number of nitrogens with zero attached hydrogens (tertiary/aromatic N) is 3. The van der Waals surface area contributed by atoms with E-state index in [1.807, 2.05) is 6.07 Å². The molecular formula is C25H36N4O3. The lowest BCUT2D eigenvalue weighted by atomic mass is 9.87. The van der Waals surface area contributed by atoms with E-state index >= 15 is 0 Å². The number of hydrogen-bond acceptors (Lipinski definition) is 7. The van der Waals surface area contributed by atoms with E-state index in [1.165, 1.54) is 24.8 Å². The number of benzene rings is 1. The van der Waals surface area contributed by atoms with Crippen molar-refractivity contribution in [1.82, 2.24) is 20.3 Å². The van der Waals surface area contributed by atoms with Gasteiger partial charge in [-0.1, -0.05) is 17.3 Å². The van der Waals surface area contributed by atoms with E-state index in [2.05, 4.69) is 44.5 Å². The molecule has 3 fully saturated rings. The lowest BCUT2D eigenvalue weighted by molar-refractivity contribution is 0.0374. The minimum atomic E-state index is 0.272. The fourth-order valence-electron chi connectivity index (χ4n) is 5.77. The molecule has 5 rings (SSSR count). The van der Waals surface area contributed by atoms with Crippen LogP contribution in [0.1, 0.15) is 43.0 Å². The molecule has 3 saturated heterocycles. The summed E-state index contributed by atoms with van der Waals surface area (Å²) in [4.78, 5) is 5.16. The van der Waals surface area contributed by atoms with Crippen molar-refractivity contribution in [2.75, 3.05) is 46.5 Å². The SMILES string of the molecule is COCC1CCCN1Cc1cccc(OCC2CCC3C(c4ccon4)NCCN3C2)c1. The Bertz CT molecular complexity index is 845. The average molecular weight is 441 g/mol. The average Bonchev–Trinajstić information content (AvgIpc) is 3.50. The van der Waals surface area contributed by atoms with Crippen LogP contribution in [0.15, 0.2) is 41.1 Å². The van der Waals surface area contributed by atoms with Gasteiger partial charge in [-0.05, 0) is 49.9 Å². The molecule has 7 heteroatoms. The van der Waals surface area contributed by atoms with Crippen LogP contribution in [0.25, 0.3) is 0 Å². The predicted octanol–water partition coefficient (Wildman–Crippen LogP) is 3.09. The van der Waals surface area contributed by atoms with Gasteiger partial charge in [0.05, 0.1) is 19.3 Å². The van der Waals surface area contributed by atoms with Gasteiger partial charge in [-0.2, -0.15) is 0 Å². The number of hydrogen-bond donors (Lipinski definition) is 1. The number of methoxy groups -OCH3 is 1. The van der Waals surface area contributed by atoms with Crippen molar-refractivity contribution in [3.8, 4) is 5.75 Å². The molecule has 0 bridgehead atoms. The number of piperazine rings is 1. The third-order valence-corrected chi connectivity index (χ3v) is 7.38. The second-order valence-electron chi connectivity index (χ2n) is 9.54. The summed E-state index contributed by atoms with van der Waals surface area (Å²) < 4.78 is 16.8. The Labute approximate surface area is 191 Å². The quantitative estimate of drug-likeness (QED) is 0.677. The highest BCUT2D eigenvalue weighted by atomic mass is 16.5. The van der Waals surface area contributed by atoms with Gasteiger partial charge in [0.1, 0.15) is 17.7 Å². The molecule has 4 heterocycles. The molecule has 174 valence electrons. The first kappa shape index (κ1) is 21.9. The Hall–Kier alpha value is -1.93. The molecule has 32 heavy (non-hydrogen) atoms. The highest BCUT2D eigenvalue weighted by Crippen LogP contribution is 2.32. The molecule has 0 radical (unpaired) electrons. The van der Waals surface area contributed by atoms with E-state index in [-0.39, 0.29) is 6.04 Å². The number of likely N-dealkylation sites (tertiary alicyclic amines) is 1. The topological polar surface area (TPSA) is 63.0 Å². The molecule has 2 aromatic rings. The molecule has 0 amide bonds. The van der Waals surface area contributed by atoms with Gasteiger partial charge in [0.25, 0.3) is 0 Å². The molecule has 4 unspecified atom stereocenters. The summed E-state index contributed by atoms with van der Waals surface area (Å²) in [6, 6.07) is 12.0. The van der Waals surface area contributed by atoms with Gasteiger partial charge in [-0.25, -0.2) is 0 Å². The third-order valence-electron chi connectivity index (χ3n) is 7.38. The summed E-state index contributed by atoms with van der Waals surface area (Å²) >= 11 is 0. The van der Waals surface area contributed by atoms with Gasteiger partial charge < -0.3 is 19.3 Å². The summed E-state index contributed by atoms with van der Waals surface area (Å²) in [5.41, 5.74) is 2.35. The zero-order valence-electron chi connectivity index (χ0n) is 19.1. The monoisotopic (exact) mass is 440 g/mol. The van der Waals surface area contributed by atoms with Crippen LogP contribution in [0.4, 0.5) is 0 Å². The molecule has 0 aliphatic carbocycles. The van der Waals surface area contributed by atoms with E-state index in [0.29, 0.717) is 18.0 Å². The fraction of sp³-hybridized carbons (Fsp3) is 0.640. The summed E-state index contributed by atoms with van der Waals surface area (Å²) in [5, 5.41) is 7.82. The van der Waals surface area contributed by atoms with Gasteiger partial charge in [0, 0.05) is 57.4 Å². The number of rotatable bonds is 8. The van der Waals surface area contributed by atoms with Gasteiger partial charge in [0.15, 0.2) is 0 Å². The Morgan fingerprint density at radius 1 is 1.16 bits per heavy atom. The van der Waals surface area contributed by atoms with E-state index in [4.69, 9.17) is 14.0 Å². The first-order chi connectivity index (χ1) is 15.8. The van der Waals surface area contributed by atoms with Crippen molar-refractivity contribution in [2.24, 2.45) is 5.92 Å². The van der Waals surface area contributed by atoms with Crippen LogP contribution < -0.4 is 10.1 Å². The molecule has 3 aliphatic heterocycles. The van der Waals surface area contributed by atoms with Gasteiger partial charge in [0.2, 0.25) is 0 Å². The lowest BCUT2D eigenvalue weighted by Gasteiger charge is -2.46. The maximum absolute atomic E-state index is 6.29. The fourth-order valence-corrected chi connectivity index (χ4v) is 5.77. The molecule has 3 aliphatic rings. The highest BCUT2D eigenvalue weighted by Gasteiger charge is 2.38. The number of piperidine rings is 1. The number of fused-ring (bicyclic) bond motifs is 1. The molecule has 0 saturated carbocycles. The zero-order valence-corrected chi connectivity index (χ0v) is 19.1. The van der Waals surface area contributed by atoms with Crippen LogP contribution in [0.5, 0.6) is 5.75 Å².